The van der Waals surface area contributed by atoms with Crippen molar-refractivity contribution in [1.82, 2.24) is 10.3 Å². The molecule has 1 aromatic heterocycles. The number of alkyl halides is 3. The highest BCUT2D eigenvalue weighted by molar-refractivity contribution is 6.00. The van der Waals surface area contributed by atoms with Crippen LogP contribution in [0, 0.1) is 0 Å². The van der Waals surface area contributed by atoms with Crippen molar-refractivity contribution < 1.29 is 27.5 Å². The summed E-state index contributed by atoms with van der Waals surface area (Å²) in [6, 6.07) is 5.37. The van der Waals surface area contributed by atoms with Crippen molar-refractivity contribution in [2.45, 2.75) is 31.2 Å². The first-order valence-electron chi connectivity index (χ1n) is 7.16. The predicted octanol–water partition coefficient (Wildman–Crippen LogP) is 2.20. The van der Waals surface area contributed by atoms with Gasteiger partial charge in [0.15, 0.2) is 0 Å². The van der Waals surface area contributed by atoms with Crippen molar-refractivity contribution in [3.63, 3.8) is 0 Å². The molecular formula is C15H14F3N3O3. The molecule has 1 aliphatic carbocycles. The van der Waals surface area contributed by atoms with Gasteiger partial charge in [0.05, 0.1) is 0 Å². The van der Waals surface area contributed by atoms with Crippen molar-refractivity contribution in [2.24, 2.45) is 5.73 Å². The van der Waals surface area contributed by atoms with Crippen molar-refractivity contribution in [3.05, 3.63) is 30.0 Å². The number of rotatable bonds is 5. The number of H-pyrrole nitrogens is 1. The number of fused-ring (bicyclic) bond motifs is 1. The van der Waals surface area contributed by atoms with E-state index in [9.17, 15) is 22.8 Å². The molecule has 1 heterocycles. The lowest BCUT2D eigenvalue weighted by Gasteiger charge is -2.14. The van der Waals surface area contributed by atoms with Crippen LogP contribution in [-0.4, -0.2) is 28.7 Å². The maximum Gasteiger partial charge on any atom is 0.573 e. The van der Waals surface area contributed by atoms with Gasteiger partial charge in [-0.2, -0.15) is 0 Å². The summed E-state index contributed by atoms with van der Waals surface area (Å²) in [6.07, 6.45) is -3.54. The van der Waals surface area contributed by atoms with Gasteiger partial charge in [-0.15, -0.1) is 13.2 Å². The number of primary amides is 1. The van der Waals surface area contributed by atoms with E-state index < -0.39 is 29.5 Å². The average Bonchev–Trinajstić information content (AvgIpc) is 3.02. The summed E-state index contributed by atoms with van der Waals surface area (Å²) in [4.78, 5) is 26.1. The summed E-state index contributed by atoms with van der Waals surface area (Å²) in [7, 11) is 0. The first kappa shape index (κ1) is 16.2. The van der Waals surface area contributed by atoms with Gasteiger partial charge in [-0.05, 0) is 31.0 Å². The Hall–Kier alpha value is -2.71. The Morgan fingerprint density at radius 3 is 2.62 bits per heavy atom. The molecule has 2 aromatic rings. The summed E-state index contributed by atoms with van der Waals surface area (Å²) >= 11 is 0. The summed E-state index contributed by atoms with van der Waals surface area (Å²) in [5, 5.41) is 2.85. The smallest absolute Gasteiger partial charge is 0.405 e. The van der Waals surface area contributed by atoms with Gasteiger partial charge in [0.25, 0.3) is 5.91 Å². The van der Waals surface area contributed by atoms with E-state index in [4.69, 9.17) is 5.73 Å². The SMILES string of the molecule is NC(=O)CC1(NC(=O)c2cc3c(OC(F)(F)F)cccc3[nH]2)CC1. The molecule has 9 heteroatoms. The van der Waals surface area contributed by atoms with Crippen LogP contribution in [0.15, 0.2) is 24.3 Å². The molecule has 1 fully saturated rings. The first-order chi connectivity index (χ1) is 11.2. The molecule has 0 atom stereocenters. The average molecular weight is 341 g/mol. The lowest BCUT2D eigenvalue weighted by Crippen LogP contribution is -2.40. The molecule has 0 spiro atoms. The van der Waals surface area contributed by atoms with E-state index in [1.807, 2.05) is 0 Å². The van der Waals surface area contributed by atoms with Crippen molar-refractivity contribution in [3.8, 4) is 5.75 Å². The number of carbonyl (C=O) groups is 2. The first-order valence-corrected chi connectivity index (χ1v) is 7.16. The Labute approximate surface area is 134 Å². The number of aromatic nitrogens is 1. The van der Waals surface area contributed by atoms with Gasteiger partial charge in [0, 0.05) is 22.9 Å². The van der Waals surface area contributed by atoms with Crippen LogP contribution in [0.3, 0.4) is 0 Å². The summed E-state index contributed by atoms with van der Waals surface area (Å²) in [6.45, 7) is 0. The van der Waals surface area contributed by atoms with Gasteiger partial charge in [-0.3, -0.25) is 9.59 Å². The minimum absolute atomic E-state index is 0.0292. The van der Waals surface area contributed by atoms with Gasteiger partial charge < -0.3 is 20.8 Å². The minimum Gasteiger partial charge on any atom is -0.405 e. The Bertz CT molecular complexity index is 809. The lowest BCUT2D eigenvalue weighted by atomic mass is 10.1. The molecule has 4 N–H and O–H groups in total. The molecule has 0 unspecified atom stereocenters. The molecule has 0 saturated heterocycles. The number of ether oxygens (including phenoxy) is 1. The molecule has 1 aliphatic rings. The monoisotopic (exact) mass is 341 g/mol. The van der Waals surface area contributed by atoms with E-state index in [1.165, 1.54) is 24.3 Å². The van der Waals surface area contributed by atoms with Crippen LogP contribution in [0.5, 0.6) is 5.75 Å². The fraction of sp³-hybridized carbons (Fsp3) is 0.333. The third-order valence-electron chi connectivity index (χ3n) is 3.84. The van der Waals surface area contributed by atoms with E-state index in [1.54, 1.807) is 0 Å². The van der Waals surface area contributed by atoms with Crippen molar-refractivity contribution in [2.75, 3.05) is 0 Å². The molecule has 3 rings (SSSR count). The largest absolute Gasteiger partial charge is 0.573 e. The Morgan fingerprint density at radius 2 is 2.04 bits per heavy atom. The third kappa shape index (κ3) is 3.44. The number of nitrogens with two attached hydrogens (primary N) is 1. The Kier molecular flexibility index (Phi) is 3.66. The van der Waals surface area contributed by atoms with E-state index in [-0.39, 0.29) is 17.5 Å². The maximum absolute atomic E-state index is 12.4. The lowest BCUT2D eigenvalue weighted by molar-refractivity contribution is -0.274. The van der Waals surface area contributed by atoms with Crippen LogP contribution in [0.1, 0.15) is 29.8 Å². The Morgan fingerprint density at radius 1 is 1.33 bits per heavy atom. The van der Waals surface area contributed by atoms with Crippen LogP contribution in [0.4, 0.5) is 13.2 Å². The fourth-order valence-electron chi connectivity index (χ4n) is 2.60. The van der Waals surface area contributed by atoms with E-state index in [0.717, 1.165) is 0 Å². The molecule has 0 aliphatic heterocycles. The number of benzene rings is 1. The molecule has 2 amide bonds. The number of carbonyl (C=O) groups excluding carboxylic acids is 2. The molecule has 0 bridgehead atoms. The molecule has 1 aromatic carbocycles. The number of halogens is 3. The number of amides is 2. The molecule has 128 valence electrons. The molecule has 6 nitrogen and oxygen atoms in total. The van der Waals surface area contributed by atoms with Gasteiger partial charge in [0.2, 0.25) is 5.91 Å². The van der Waals surface area contributed by atoms with Crippen molar-refractivity contribution >= 4 is 22.7 Å². The summed E-state index contributed by atoms with van der Waals surface area (Å²) < 4.78 is 41.3. The summed E-state index contributed by atoms with van der Waals surface area (Å²) in [5.74, 6) is -1.43. The van der Waals surface area contributed by atoms with E-state index in [2.05, 4.69) is 15.0 Å². The number of hydrogen-bond acceptors (Lipinski definition) is 3. The van der Waals surface area contributed by atoms with Gasteiger partial charge >= 0.3 is 6.36 Å². The minimum atomic E-state index is -4.83. The van der Waals surface area contributed by atoms with Crippen LogP contribution < -0.4 is 15.8 Å². The Balaban J connectivity index is 1.84. The number of nitrogens with one attached hydrogen (secondary N) is 2. The van der Waals surface area contributed by atoms with Gasteiger partial charge in [-0.1, -0.05) is 6.07 Å². The highest BCUT2D eigenvalue weighted by atomic mass is 19.4. The standard InChI is InChI=1S/C15H14F3N3O3/c16-15(17,18)24-11-3-1-2-9-8(11)6-10(20-9)13(23)21-14(4-5-14)7-12(19)22/h1-3,6,20H,4-5,7H2,(H2,19,22)(H,21,23). The molecule has 24 heavy (non-hydrogen) atoms. The topological polar surface area (TPSA) is 97.2 Å². The van der Waals surface area contributed by atoms with Crippen LogP contribution in [0.2, 0.25) is 0 Å². The number of hydrogen-bond donors (Lipinski definition) is 3. The zero-order chi connectivity index (χ0) is 17.5. The second-order valence-electron chi connectivity index (χ2n) is 5.83. The van der Waals surface area contributed by atoms with E-state index >= 15 is 0 Å². The third-order valence-corrected chi connectivity index (χ3v) is 3.84. The fourth-order valence-corrected chi connectivity index (χ4v) is 2.60. The highest BCUT2D eigenvalue weighted by Crippen LogP contribution is 2.39. The molecule has 0 radical (unpaired) electrons. The van der Waals surface area contributed by atoms with Gasteiger partial charge in [-0.25, -0.2) is 0 Å². The zero-order valence-electron chi connectivity index (χ0n) is 12.4. The van der Waals surface area contributed by atoms with Gasteiger partial charge in [0.1, 0.15) is 11.4 Å². The van der Waals surface area contributed by atoms with Crippen molar-refractivity contribution in [1.29, 1.82) is 0 Å². The van der Waals surface area contributed by atoms with E-state index in [0.29, 0.717) is 18.4 Å². The second kappa shape index (κ2) is 5.43. The maximum atomic E-state index is 12.4. The highest BCUT2D eigenvalue weighted by Gasteiger charge is 2.45. The zero-order valence-corrected chi connectivity index (χ0v) is 12.4. The predicted molar refractivity (Wildman–Crippen MR) is 78.2 cm³/mol. The molecular weight excluding hydrogens is 327 g/mol. The molecule has 1 saturated carbocycles. The normalized spacial score (nSPS) is 16.0. The quantitative estimate of drug-likeness (QED) is 0.778. The number of aromatic amines is 1. The van der Waals surface area contributed by atoms with Crippen LogP contribution >= 0.6 is 0 Å². The van der Waals surface area contributed by atoms with Crippen LogP contribution in [-0.2, 0) is 4.79 Å². The second-order valence-corrected chi connectivity index (χ2v) is 5.83. The summed E-state index contributed by atoms with van der Waals surface area (Å²) in [5.41, 5.74) is 4.92. The van der Waals surface area contributed by atoms with Crippen LogP contribution in [0.25, 0.3) is 10.9 Å².